The van der Waals surface area contributed by atoms with Crippen LogP contribution in [0.15, 0.2) is 42.9 Å². The number of nitrogens with zero attached hydrogens (tertiary/aromatic N) is 3. The number of fused-ring (bicyclic) bond motifs is 1. The summed E-state index contributed by atoms with van der Waals surface area (Å²) in [6, 6.07) is 9.86. The molecule has 188 valence electrons. The Labute approximate surface area is 209 Å². The summed E-state index contributed by atoms with van der Waals surface area (Å²) in [6.07, 6.45) is 4.00. The lowest BCUT2D eigenvalue weighted by molar-refractivity contribution is -0.117. The van der Waals surface area contributed by atoms with E-state index in [0.717, 1.165) is 39.8 Å². The van der Waals surface area contributed by atoms with E-state index in [4.69, 9.17) is 15.2 Å². The van der Waals surface area contributed by atoms with Crippen molar-refractivity contribution >= 4 is 34.1 Å². The second kappa shape index (κ2) is 11.4. The maximum atomic E-state index is 11.9. The molecule has 0 atom stereocenters. The standard InChI is InChI=1S/C26H31N7O3/c1-4-18-16(13-29-26-30-15-31-33-26)8-7-9-20(18)32-25-17(10-24(27)34)14-28-21-12-23(36-6-3)22(35-5-2)11-19(21)25/h7-9,11-12,14-15H,4-6,10,13H2,1-3H3,(H2,27,34)(H,28,32)(H2,29,30,31,33). The van der Waals surface area contributed by atoms with Gasteiger partial charge in [0.1, 0.15) is 6.33 Å². The Morgan fingerprint density at radius 3 is 2.50 bits per heavy atom. The van der Waals surface area contributed by atoms with Crippen molar-refractivity contribution in [2.75, 3.05) is 23.8 Å². The Morgan fingerprint density at radius 2 is 1.83 bits per heavy atom. The number of pyridine rings is 1. The maximum Gasteiger partial charge on any atom is 0.221 e. The molecule has 10 nitrogen and oxygen atoms in total. The molecule has 2 aromatic carbocycles. The first-order valence-electron chi connectivity index (χ1n) is 12.0. The Bertz CT molecular complexity index is 1340. The molecule has 0 aliphatic heterocycles. The Balaban J connectivity index is 1.79. The Kier molecular flexibility index (Phi) is 7.84. The average molecular weight is 490 g/mol. The van der Waals surface area contributed by atoms with Gasteiger partial charge in [-0.1, -0.05) is 19.1 Å². The van der Waals surface area contributed by atoms with Crippen LogP contribution in [-0.4, -0.2) is 39.3 Å². The molecule has 0 aliphatic carbocycles. The zero-order valence-electron chi connectivity index (χ0n) is 20.7. The van der Waals surface area contributed by atoms with Crippen LogP contribution in [-0.2, 0) is 24.2 Å². The molecule has 0 saturated heterocycles. The SMILES string of the molecule is CCOc1cc2ncc(CC(N)=O)c(Nc3cccc(CNc4ncn[nH]4)c3CC)c2cc1OCC. The van der Waals surface area contributed by atoms with Crippen LogP contribution in [0.2, 0.25) is 0 Å². The number of aromatic nitrogens is 4. The van der Waals surface area contributed by atoms with E-state index in [1.807, 2.05) is 38.1 Å². The number of nitrogens with two attached hydrogens (primary N) is 1. The summed E-state index contributed by atoms with van der Waals surface area (Å²) in [6.45, 7) is 7.52. The number of ether oxygens (including phenoxy) is 2. The second-order valence-electron chi connectivity index (χ2n) is 8.09. The first-order valence-corrected chi connectivity index (χ1v) is 12.0. The molecule has 0 unspecified atom stereocenters. The summed E-state index contributed by atoms with van der Waals surface area (Å²) in [5, 5.41) is 14.3. The van der Waals surface area contributed by atoms with E-state index in [9.17, 15) is 4.79 Å². The van der Waals surface area contributed by atoms with E-state index >= 15 is 0 Å². The summed E-state index contributed by atoms with van der Waals surface area (Å²) >= 11 is 0. The highest BCUT2D eigenvalue weighted by Gasteiger charge is 2.17. The molecule has 0 fully saturated rings. The van der Waals surface area contributed by atoms with Crippen molar-refractivity contribution < 1.29 is 14.3 Å². The van der Waals surface area contributed by atoms with Crippen molar-refractivity contribution in [3.63, 3.8) is 0 Å². The minimum atomic E-state index is -0.434. The third-order valence-electron chi connectivity index (χ3n) is 5.72. The molecule has 1 amide bonds. The highest BCUT2D eigenvalue weighted by molar-refractivity contribution is 5.98. The molecule has 5 N–H and O–H groups in total. The van der Waals surface area contributed by atoms with Gasteiger partial charge in [0.15, 0.2) is 11.5 Å². The predicted molar refractivity (Wildman–Crippen MR) is 140 cm³/mol. The van der Waals surface area contributed by atoms with E-state index in [-0.39, 0.29) is 6.42 Å². The molecule has 0 radical (unpaired) electrons. The van der Waals surface area contributed by atoms with Gasteiger partial charge in [-0.05, 0) is 43.5 Å². The number of H-pyrrole nitrogens is 1. The number of hydrogen-bond acceptors (Lipinski definition) is 8. The summed E-state index contributed by atoms with van der Waals surface area (Å²) in [5.74, 6) is 1.42. The lowest BCUT2D eigenvalue weighted by Crippen LogP contribution is -2.15. The fourth-order valence-corrected chi connectivity index (χ4v) is 4.19. The number of nitrogens with one attached hydrogen (secondary N) is 3. The van der Waals surface area contributed by atoms with E-state index in [2.05, 4.69) is 43.8 Å². The number of carbonyl (C=O) groups is 1. The van der Waals surface area contributed by atoms with Gasteiger partial charge in [0.05, 0.1) is 30.8 Å². The molecule has 0 bridgehead atoms. The zero-order valence-corrected chi connectivity index (χ0v) is 20.7. The molecular formula is C26H31N7O3. The van der Waals surface area contributed by atoms with Crippen molar-refractivity contribution in [1.82, 2.24) is 20.2 Å². The van der Waals surface area contributed by atoms with Crippen LogP contribution in [0.1, 0.15) is 37.5 Å². The normalized spacial score (nSPS) is 10.9. The monoisotopic (exact) mass is 489 g/mol. The number of amides is 1. The van der Waals surface area contributed by atoms with Crippen LogP contribution >= 0.6 is 0 Å². The molecular weight excluding hydrogens is 458 g/mol. The van der Waals surface area contributed by atoms with Crippen molar-refractivity contribution in [3.05, 3.63) is 59.5 Å². The zero-order chi connectivity index (χ0) is 25.5. The van der Waals surface area contributed by atoms with Gasteiger partial charge in [-0.2, -0.15) is 5.10 Å². The van der Waals surface area contributed by atoms with Gasteiger partial charge in [0, 0.05) is 35.4 Å². The number of benzene rings is 2. The molecule has 0 aliphatic rings. The predicted octanol–water partition coefficient (Wildman–Crippen LogP) is 4.10. The number of carbonyl (C=O) groups excluding carboxylic acids is 1. The number of hydrogen-bond donors (Lipinski definition) is 4. The van der Waals surface area contributed by atoms with E-state index in [1.165, 1.54) is 6.33 Å². The summed E-state index contributed by atoms with van der Waals surface area (Å²) < 4.78 is 11.6. The third-order valence-corrected chi connectivity index (χ3v) is 5.72. The third kappa shape index (κ3) is 5.48. The molecule has 10 heteroatoms. The molecule has 0 saturated carbocycles. The lowest BCUT2D eigenvalue weighted by Gasteiger charge is -2.20. The largest absolute Gasteiger partial charge is 0.490 e. The van der Waals surface area contributed by atoms with Gasteiger partial charge in [-0.25, -0.2) is 10.1 Å². The van der Waals surface area contributed by atoms with E-state index in [1.54, 1.807) is 6.20 Å². The van der Waals surface area contributed by atoms with Gasteiger partial charge in [0.2, 0.25) is 11.9 Å². The highest BCUT2D eigenvalue weighted by atomic mass is 16.5. The number of rotatable bonds is 12. The molecule has 2 aromatic heterocycles. The van der Waals surface area contributed by atoms with Crippen LogP contribution in [0.4, 0.5) is 17.3 Å². The minimum absolute atomic E-state index is 0.0522. The Morgan fingerprint density at radius 1 is 1.06 bits per heavy atom. The van der Waals surface area contributed by atoms with Crippen LogP contribution in [0.5, 0.6) is 11.5 Å². The van der Waals surface area contributed by atoms with Crippen molar-refractivity contribution in [1.29, 1.82) is 0 Å². The van der Waals surface area contributed by atoms with Crippen molar-refractivity contribution in [2.24, 2.45) is 5.73 Å². The first kappa shape index (κ1) is 24.8. The van der Waals surface area contributed by atoms with Gasteiger partial charge in [-0.3, -0.25) is 9.78 Å². The van der Waals surface area contributed by atoms with E-state index in [0.29, 0.717) is 42.8 Å². The first-order chi connectivity index (χ1) is 17.5. The maximum absolute atomic E-state index is 11.9. The van der Waals surface area contributed by atoms with Gasteiger partial charge < -0.3 is 25.8 Å². The smallest absolute Gasteiger partial charge is 0.221 e. The van der Waals surface area contributed by atoms with Crippen LogP contribution in [0.3, 0.4) is 0 Å². The Hall–Kier alpha value is -4.34. The quantitative estimate of drug-likeness (QED) is 0.233. The van der Waals surface area contributed by atoms with Gasteiger partial charge in [-0.15, -0.1) is 0 Å². The van der Waals surface area contributed by atoms with Gasteiger partial charge in [0.25, 0.3) is 0 Å². The summed E-state index contributed by atoms with van der Waals surface area (Å²) in [7, 11) is 0. The molecule has 36 heavy (non-hydrogen) atoms. The highest BCUT2D eigenvalue weighted by Crippen LogP contribution is 2.38. The van der Waals surface area contributed by atoms with Crippen LogP contribution in [0, 0.1) is 0 Å². The molecule has 0 spiro atoms. The van der Waals surface area contributed by atoms with Crippen molar-refractivity contribution in [3.8, 4) is 11.5 Å². The number of aromatic amines is 1. The summed E-state index contributed by atoms with van der Waals surface area (Å²) in [4.78, 5) is 20.6. The topological polar surface area (TPSA) is 140 Å². The van der Waals surface area contributed by atoms with Gasteiger partial charge >= 0.3 is 0 Å². The minimum Gasteiger partial charge on any atom is -0.490 e. The van der Waals surface area contributed by atoms with E-state index < -0.39 is 5.91 Å². The summed E-state index contributed by atoms with van der Waals surface area (Å²) in [5.41, 5.74) is 10.9. The number of primary amides is 1. The average Bonchev–Trinajstić information content (AvgIpc) is 3.38. The van der Waals surface area contributed by atoms with Crippen LogP contribution < -0.4 is 25.8 Å². The molecule has 2 heterocycles. The molecule has 4 rings (SSSR count). The second-order valence-corrected chi connectivity index (χ2v) is 8.09. The fourth-order valence-electron chi connectivity index (χ4n) is 4.19. The number of anilines is 3. The molecule has 4 aromatic rings. The van der Waals surface area contributed by atoms with Crippen molar-refractivity contribution in [2.45, 2.75) is 40.2 Å². The lowest BCUT2D eigenvalue weighted by atomic mass is 10.0. The fraction of sp³-hybridized carbons (Fsp3) is 0.308. The van der Waals surface area contributed by atoms with Crippen LogP contribution in [0.25, 0.3) is 10.9 Å².